The number of allylic oxidation sites excluding steroid dienone is 1. The fraction of sp³-hybridized carbons (Fsp3) is 0.143. The van der Waals surface area contributed by atoms with E-state index in [2.05, 4.69) is 5.10 Å². The first-order chi connectivity index (χ1) is 8.59. The van der Waals surface area contributed by atoms with Crippen LogP contribution < -0.4 is 0 Å². The van der Waals surface area contributed by atoms with E-state index < -0.39 is 5.97 Å². The molecule has 0 aliphatic carbocycles. The number of rotatable bonds is 3. The Kier molecular flexibility index (Phi) is 3.28. The van der Waals surface area contributed by atoms with Gasteiger partial charge in [-0.3, -0.25) is 0 Å². The molecule has 92 valence electrons. The standard InChI is InChI=1S/C14H14N2O2/c1-10(11(2)14(17)18)12-8-15-16(9-12)13-6-4-3-5-7-13/h3-9H,1-2H3,(H,17,18)/b11-10+. The molecule has 0 fully saturated rings. The molecule has 1 N–H and O–H groups in total. The van der Waals surface area contributed by atoms with Crippen LogP contribution in [0.4, 0.5) is 0 Å². The van der Waals surface area contributed by atoms with E-state index in [4.69, 9.17) is 5.11 Å². The Morgan fingerprint density at radius 2 is 1.89 bits per heavy atom. The molecule has 0 spiro atoms. The second-order valence-electron chi connectivity index (χ2n) is 4.06. The highest BCUT2D eigenvalue weighted by Gasteiger charge is 2.09. The molecule has 2 aromatic rings. The number of carbonyl (C=O) groups is 1. The molecule has 4 heteroatoms. The van der Waals surface area contributed by atoms with E-state index >= 15 is 0 Å². The average molecular weight is 242 g/mol. The van der Waals surface area contributed by atoms with Gasteiger partial charge in [-0.25, -0.2) is 9.48 Å². The van der Waals surface area contributed by atoms with E-state index in [1.54, 1.807) is 24.7 Å². The van der Waals surface area contributed by atoms with E-state index in [-0.39, 0.29) is 0 Å². The smallest absolute Gasteiger partial charge is 0.331 e. The summed E-state index contributed by atoms with van der Waals surface area (Å²) in [5.74, 6) is -0.903. The van der Waals surface area contributed by atoms with Gasteiger partial charge in [0.15, 0.2) is 0 Å². The number of aliphatic carboxylic acids is 1. The van der Waals surface area contributed by atoms with Crippen LogP contribution in [0.2, 0.25) is 0 Å². The van der Waals surface area contributed by atoms with Crippen LogP contribution in [0.25, 0.3) is 11.3 Å². The van der Waals surface area contributed by atoms with Crippen LogP contribution in [-0.2, 0) is 4.79 Å². The van der Waals surface area contributed by atoms with Crippen molar-refractivity contribution in [3.05, 3.63) is 53.9 Å². The van der Waals surface area contributed by atoms with Crippen LogP contribution in [0, 0.1) is 0 Å². The minimum absolute atomic E-state index is 0.336. The molecule has 1 aromatic heterocycles. The second kappa shape index (κ2) is 4.87. The number of carboxylic acid groups (broad SMARTS) is 1. The van der Waals surface area contributed by atoms with E-state index in [0.29, 0.717) is 5.57 Å². The number of para-hydroxylation sites is 1. The molecule has 0 amide bonds. The van der Waals surface area contributed by atoms with Gasteiger partial charge in [0.2, 0.25) is 0 Å². The zero-order chi connectivity index (χ0) is 13.1. The fourth-order valence-corrected chi connectivity index (χ4v) is 1.62. The Labute approximate surface area is 105 Å². The SMILES string of the molecule is C/C(C(=O)O)=C(/C)c1cnn(-c2ccccc2)c1. The predicted molar refractivity (Wildman–Crippen MR) is 69.5 cm³/mol. The quantitative estimate of drug-likeness (QED) is 0.842. The highest BCUT2D eigenvalue weighted by Crippen LogP contribution is 2.19. The van der Waals surface area contributed by atoms with E-state index in [9.17, 15) is 4.79 Å². The normalized spacial score (nSPS) is 12.1. The molecule has 2 rings (SSSR count). The van der Waals surface area contributed by atoms with Crippen molar-refractivity contribution in [2.45, 2.75) is 13.8 Å². The fourth-order valence-electron chi connectivity index (χ4n) is 1.62. The number of hydrogen-bond donors (Lipinski definition) is 1. The zero-order valence-electron chi connectivity index (χ0n) is 10.3. The Hall–Kier alpha value is -2.36. The molecule has 0 atom stereocenters. The van der Waals surface area contributed by atoms with Gasteiger partial charge in [0.05, 0.1) is 11.9 Å². The van der Waals surface area contributed by atoms with Gasteiger partial charge >= 0.3 is 5.97 Å². The van der Waals surface area contributed by atoms with Gasteiger partial charge in [-0.15, -0.1) is 0 Å². The molecule has 1 aromatic carbocycles. The third-order valence-corrected chi connectivity index (χ3v) is 2.92. The van der Waals surface area contributed by atoms with Gasteiger partial charge < -0.3 is 5.11 Å². The molecule has 0 aliphatic heterocycles. The van der Waals surface area contributed by atoms with Crippen LogP contribution in [0.5, 0.6) is 0 Å². The van der Waals surface area contributed by atoms with Crippen LogP contribution in [-0.4, -0.2) is 20.9 Å². The Morgan fingerprint density at radius 1 is 1.22 bits per heavy atom. The summed E-state index contributed by atoms with van der Waals surface area (Å²) < 4.78 is 1.73. The number of nitrogens with zero attached hydrogens (tertiary/aromatic N) is 2. The third-order valence-electron chi connectivity index (χ3n) is 2.92. The lowest BCUT2D eigenvalue weighted by molar-refractivity contribution is -0.132. The monoisotopic (exact) mass is 242 g/mol. The van der Waals surface area contributed by atoms with Gasteiger partial charge in [-0.2, -0.15) is 5.10 Å². The average Bonchev–Trinajstić information content (AvgIpc) is 2.87. The zero-order valence-corrected chi connectivity index (χ0v) is 10.3. The maximum absolute atomic E-state index is 10.9. The molecule has 0 aliphatic rings. The van der Waals surface area contributed by atoms with Gasteiger partial charge in [0.25, 0.3) is 0 Å². The maximum Gasteiger partial charge on any atom is 0.331 e. The van der Waals surface area contributed by atoms with Gasteiger partial charge in [0.1, 0.15) is 0 Å². The summed E-state index contributed by atoms with van der Waals surface area (Å²) in [7, 11) is 0. The van der Waals surface area contributed by atoms with E-state index in [1.165, 1.54) is 0 Å². The van der Waals surface area contributed by atoms with E-state index in [0.717, 1.165) is 16.8 Å². The van der Waals surface area contributed by atoms with Crippen molar-refractivity contribution in [3.63, 3.8) is 0 Å². The number of carboxylic acids is 1. The highest BCUT2D eigenvalue weighted by atomic mass is 16.4. The highest BCUT2D eigenvalue weighted by molar-refractivity contribution is 5.95. The molecular weight excluding hydrogens is 228 g/mol. The first-order valence-corrected chi connectivity index (χ1v) is 5.61. The minimum Gasteiger partial charge on any atom is -0.478 e. The van der Waals surface area contributed by atoms with Crippen molar-refractivity contribution in [2.24, 2.45) is 0 Å². The van der Waals surface area contributed by atoms with Crippen molar-refractivity contribution in [3.8, 4) is 5.69 Å². The van der Waals surface area contributed by atoms with Crippen molar-refractivity contribution in [2.75, 3.05) is 0 Å². The lowest BCUT2D eigenvalue weighted by atomic mass is 10.1. The molecule has 0 radical (unpaired) electrons. The number of aromatic nitrogens is 2. The lowest BCUT2D eigenvalue weighted by Crippen LogP contribution is -1.98. The summed E-state index contributed by atoms with van der Waals surface area (Å²) >= 11 is 0. The first kappa shape index (κ1) is 12.1. The molecule has 4 nitrogen and oxygen atoms in total. The molecule has 0 saturated carbocycles. The van der Waals surface area contributed by atoms with Gasteiger partial charge in [0, 0.05) is 17.3 Å². The number of benzene rings is 1. The predicted octanol–water partition coefficient (Wildman–Crippen LogP) is 2.75. The minimum atomic E-state index is -0.903. The summed E-state index contributed by atoms with van der Waals surface area (Å²) in [4.78, 5) is 10.9. The molecule has 0 unspecified atom stereocenters. The van der Waals surface area contributed by atoms with Crippen LogP contribution in [0.3, 0.4) is 0 Å². The van der Waals surface area contributed by atoms with Gasteiger partial charge in [-0.1, -0.05) is 18.2 Å². The Balaban J connectivity index is 2.38. The van der Waals surface area contributed by atoms with Crippen molar-refractivity contribution in [1.29, 1.82) is 0 Å². The van der Waals surface area contributed by atoms with Crippen LogP contribution in [0.1, 0.15) is 19.4 Å². The molecule has 1 heterocycles. The third kappa shape index (κ3) is 2.32. The molecule has 18 heavy (non-hydrogen) atoms. The maximum atomic E-state index is 10.9. The summed E-state index contributed by atoms with van der Waals surface area (Å²) in [5, 5.41) is 13.2. The summed E-state index contributed by atoms with van der Waals surface area (Å²) in [6.45, 7) is 3.38. The summed E-state index contributed by atoms with van der Waals surface area (Å²) in [6, 6.07) is 9.69. The van der Waals surface area contributed by atoms with Gasteiger partial charge in [-0.05, 0) is 31.6 Å². The summed E-state index contributed by atoms with van der Waals surface area (Å²) in [6.07, 6.45) is 3.51. The van der Waals surface area contributed by atoms with Crippen molar-refractivity contribution in [1.82, 2.24) is 9.78 Å². The topological polar surface area (TPSA) is 55.1 Å². The second-order valence-corrected chi connectivity index (χ2v) is 4.06. The molecular formula is C14H14N2O2. The molecule has 0 saturated heterocycles. The number of hydrogen-bond acceptors (Lipinski definition) is 2. The Bertz CT molecular complexity index is 597. The van der Waals surface area contributed by atoms with Crippen molar-refractivity contribution >= 4 is 11.5 Å². The first-order valence-electron chi connectivity index (χ1n) is 5.61. The lowest BCUT2D eigenvalue weighted by Gasteiger charge is -2.01. The largest absolute Gasteiger partial charge is 0.478 e. The molecule has 0 bridgehead atoms. The Morgan fingerprint density at radius 3 is 2.50 bits per heavy atom. The van der Waals surface area contributed by atoms with Crippen LogP contribution >= 0.6 is 0 Å². The van der Waals surface area contributed by atoms with E-state index in [1.807, 2.05) is 36.5 Å². The van der Waals surface area contributed by atoms with Crippen molar-refractivity contribution < 1.29 is 9.90 Å². The summed E-state index contributed by atoms with van der Waals surface area (Å²) in [5.41, 5.74) is 2.83. The van der Waals surface area contributed by atoms with Crippen LogP contribution in [0.15, 0.2) is 48.3 Å².